The lowest BCUT2D eigenvalue weighted by Crippen LogP contribution is -2.30. The van der Waals surface area contributed by atoms with Crippen molar-refractivity contribution in [1.82, 2.24) is 20.1 Å². The zero-order chi connectivity index (χ0) is 23.6. The first-order valence-corrected chi connectivity index (χ1v) is 12.0. The van der Waals surface area contributed by atoms with E-state index in [1.165, 1.54) is 16.9 Å². The summed E-state index contributed by atoms with van der Waals surface area (Å²) in [4.78, 5) is 30.0. The second-order valence-corrected chi connectivity index (χ2v) is 10.1. The number of hydrogen-bond donors (Lipinski definition) is 2. The van der Waals surface area contributed by atoms with Crippen LogP contribution in [0.15, 0.2) is 36.5 Å². The minimum absolute atomic E-state index is 0.0191. The van der Waals surface area contributed by atoms with Crippen LogP contribution in [0.4, 0.5) is 5.69 Å². The van der Waals surface area contributed by atoms with E-state index in [0.717, 1.165) is 6.26 Å². The predicted octanol–water partition coefficient (Wildman–Crippen LogP) is 3.18. The molecule has 0 aliphatic rings. The summed E-state index contributed by atoms with van der Waals surface area (Å²) < 4.78 is 24.1. The molecule has 168 valence electrons. The highest BCUT2D eigenvalue weighted by Crippen LogP contribution is 2.27. The maximum absolute atomic E-state index is 13.2. The molecule has 2 heterocycles. The lowest BCUT2D eigenvalue weighted by Gasteiger charge is -2.15. The normalized spacial score (nSPS) is 11.3. The van der Waals surface area contributed by atoms with Gasteiger partial charge in [0.05, 0.1) is 22.0 Å². The van der Waals surface area contributed by atoms with Crippen molar-refractivity contribution in [1.29, 1.82) is 0 Å². The van der Waals surface area contributed by atoms with E-state index in [4.69, 9.17) is 23.2 Å². The number of amides is 2. The van der Waals surface area contributed by atoms with Crippen LogP contribution in [-0.2, 0) is 9.84 Å². The molecule has 3 rings (SSSR count). The summed E-state index contributed by atoms with van der Waals surface area (Å²) in [5.74, 6) is -1.57. The second kappa shape index (κ2) is 9.27. The van der Waals surface area contributed by atoms with E-state index < -0.39 is 27.5 Å². The number of sulfone groups is 1. The van der Waals surface area contributed by atoms with Crippen LogP contribution < -0.4 is 10.6 Å². The predicted molar refractivity (Wildman–Crippen MR) is 122 cm³/mol. The SMILES string of the molecule is Cc1cc(C(=O)Nc2c(C)cc(Cl)cc2C(=O)NCS(C)(=O)=O)n(-c2ncccc2Cl)n1. The van der Waals surface area contributed by atoms with Crippen molar-refractivity contribution in [2.45, 2.75) is 13.8 Å². The van der Waals surface area contributed by atoms with Crippen molar-refractivity contribution in [3.05, 3.63) is 69.1 Å². The summed E-state index contributed by atoms with van der Waals surface area (Å²) >= 11 is 12.3. The fraction of sp³-hybridized carbons (Fsp3) is 0.200. The van der Waals surface area contributed by atoms with Gasteiger partial charge in [0.25, 0.3) is 11.8 Å². The Bertz CT molecular complexity index is 1320. The number of aromatic nitrogens is 3. The molecule has 0 aliphatic carbocycles. The third-order valence-electron chi connectivity index (χ3n) is 4.28. The van der Waals surface area contributed by atoms with E-state index in [0.29, 0.717) is 16.3 Å². The molecule has 32 heavy (non-hydrogen) atoms. The fourth-order valence-corrected chi connectivity index (χ4v) is 3.78. The molecule has 0 fully saturated rings. The van der Waals surface area contributed by atoms with Crippen molar-refractivity contribution >= 4 is 50.5 Å². The number of benzene rings is 1. The summed E-state index contributed by atoms with van der Waals surface area (Å²) in [6, 6.07) is 7.74. The van der Waals surface area contributed by atoms with Crippen molar-refractivity contribution in [3.8, 4) is 5.82 Å². The number of pyridine rings is 1. The Morgan fingerprint density at radius 2 is 1.84 bits per heavy atom. The van der Waals surface area contributed by atoms with E-state index in [9.17, 15) is 18.0 Å². The van der Waals surface area contributed by atoms with Crippen LogP contribution in [0.5, 0.6) is 0 Å². The van der Waals surface area contributed by atoms with E-state index >= 15 is 0 Å². The molecule has 0 saturated heterocycles. The molecule has 12 heteroatoms. The van der Waals surface area contributed by atoms with Crippen molar-refractivity contribution < 1.29 is 18.0 Å². The number of anilines is 1. The van der Waals surface area contributed by atoms with Gasteiger partial charge >= 0.3 is 0 Å². The molecule has 2 amide bonds. The van der Waals surface area contributed by atoms with Crippen LogP contribution in [0, 0.1) is 13.8 Å². The van der Waals surface area contributed by atoms with Gasteiger partial charge in [0.2, 0.25) is 0 Å². The zero-order valence-corrected chi connectivity index (χ0v) is 19.6. The highest BCUT2D eigenvalue weighted by Gasteiger charge is 2.22. The Morgan fingerprint density at radius 3 is 2.50 bits per heavy atom. The Hall–Kier alpha value is -2.95. The number of nitrogens with one attached hydrogen (secondary N) is 2. The van der Waals surface area contributed by atoms with Crippen LogP contribution in [0.3, 0.4) is 0 Å². The number of aryl methyl sites for hydroxylation is 2. The van der Waals surface area contributed by atoms with Crippen LogP contribution in [0.2, 0.25) is 10.0 Å². The summed E-state index contributed by atoms with van der Waals surface area (Å²) in [6.45, 7) is 3.37. The van der Waals surface area contributed by atoms with E-state index in [2.05, 4.69) is 20.7 Å². The summed E-state index contributed by atoms with van der Waals surface area (Å²) in [5, 5.41) is 9.87. The monoisotopic (exact) mass is 495 g/mol. The molecule has 0 radical (unpaired) electrons. The van der Waals surface area contributed by atoms with Gasteiger partial charge in [-0.1, -0.05) is 23.2 Å². The maximum atomic E-state index is 13.2. The number of halogens is 2. The Kier molecular flexibility index (Phi) is 6.87. The molecule has 0 atom stereocenters. The Labute approximate surface area is 194 Å². The van der Waals surface area contributed by atoms with Crippen molar-refractivity contribution in [3.63, 3.8) is 0 Å². The molecule has 0 unspecified atom stereocenters. The van der Waals surface area contributed by atoms with Gasteiger partial charge in [0, 0.05) is 17.5 Å². The highest BCUT2D eigenvalue weighted by molar-refractivity contribution is 7.90. The van der Waals surface area contributed by atoms with Gasteiger partial charge < -0.3 is 10.6 Å². The number of nitrogens with zero attached hydrogens (tertiary/aromatic N) is 3. The average Bonchev–Trinajstić information content (AvgIpc) is 3.09. The van der Waals surface area contributed by atoms with Crippen molar-refractivity contribution in [2.24, 2.45) is 0 Å². The molecule has 2 N–H and O–H groups in total. The van der Waals surface area contributed by atoms with Gasteiger partial charge in [-0.25, -0.2) is 18.1 Å². The molecule has 3 aromatic rings. The topological polar surface area (TPSA) is 123 Å². The average molecular weight is 496 g/mol. The lowest BCUT2D eigenvalue weighted by atomic mass is 10.1. The highest BCUT2D eigenvalue weighted by atomic mass is 35.5. The largest absolute Gasteiger partial charge is 0.338 e. The summed E-state index contributed by atoms with van der Waals surface area (Å²) in [6.07, 6.45) is 2.51. The third-order valence-corrected chi connectivity index (χ3v) is 5.46. The minimum atomic E-state index is -3.45. The van der Waals surface area contributed by atoms with E-state index in [-0.39, 0.29) is 27.8 Å². The minimum Gasteiger partial charge on any atom is -0.338 e. The molecule has 0 saturated carbocycles. The Morgan fingerprint density at radius 1 is 1.12 bits per heavy atom. The number of carbonyl (C=O) groups is 2. The van der Waals surface area contributed by atoms with Crippen LogP contribution in [0.1, 0.15) is 32.1 Å². The quantitative estimate of drug-likeness (QED) is 0.541. The third kappa shape index (κ3) is 5.45. The van der Waals surface area contributed by atoms with Crippen LogP contribution >= 0.6 is 23.2 Å². The van der Waals surface area contributed by atoms with Gasteiger partial charge in [0.1, 0.15) is 11.6 Å². The van der Waals surface area contributed by atoms with Gasteiger partial charge in [-0.3, -0.25) is 9.59 Å². The summed E-state index contributed by atoms with van der Waals surface area (Å²) in [7, 11) is -3.45. The molecular weight excluding hydrogens is 477 g/mol. The molecule has 1 aromatic carbocycles. The van der Waals surface area contributed by atoms with Gasteiger partial charge in [-0.05, 0) is 49.7 Å². The second-order valence-electron chi connectivity index (χ2n) is 7.07. The van der Waals surface area contributed by atoms with Crippen LogP contribution in [0.25, 0.3) is 5.82 Å². The first-order valence-electron chi connectivity index (χ1n) is 9.21. The number of rotatable bonds is 6. The molecule has 0 aliphatic heterocycles. The molecular formula is C20H19Cl2N5O4S. The van der Waals surface area contributed by atoms with E-state index in [1.54, 1.807) is 38.1 Å². The number of hydrogen-bond acceptors (Lipinski definition) is 6. The number of carbonyl (C=O) groups excluding carboxylic acids is 2. The Balaban J connectivity index is 1.99. The smallest absolute Gasteiger partial charge is 0.274 e. The first-order chi connectivity index (χ1) is 15.0. The maximum Gasteiger partial charge on any atom is 0.274 e. The molecule has 9 nitrogen and oxygen atoms in total. The van der Waals surface area contributed by atoms with Crippen LogP contribution in [-0.4, -0.2) is 47.1 Å². The molecule has 0 spiro atoms. The van der Waals surface area contributed by atoms with Gasteiger partial charge in [-0.2, -0.15) is 5.10 Å². The fourth-order valence-electron chi connectivity index (χ4n) is 2.91. The summed E-state index contributed by atoms with van der Waals surface area (Å²) in [5.41, 5.74) is 1.40. The zero-order valence-electron chi connectivity index (χ0n) is 17.3. The molecule has 0 bridgehead atoms. The standard InChI is InChI=1S/C20H19Cl2N5O4S/c1-11-7-13(21)9-14(19(28)24-10-32(3,30)31)17(11)25-20(29)16-8-12(2)26-27(16)18-15(22)5-4-6-23-18/h4-9H,10H2,1-3H3,(H,24,28)(H,25,29). The first kappa shape index (κ1) is 23.7. The van der Waals surface area contributed by atoms with E-state index in [1.807, 2.05) is 0 Å². The van der Waals surface area contributed by atoms with Gasteiger partial charge in [0.15, 0.2) is 15.7 Å². The lowest BCUT2D eigenvalue weighted by molar-refractivity contribution is 0.0960. The van der Waals surface area contributed by atoms with Gasteiger partial charge in [-0.15, -0.1) is 0 Å². The van der Waals surface area contributed by atoms with Crippen molar-refractivity contribution in [2.75, 3.05) is 17.4 Å². The molecule has 2 aromatic heterocycles.